The lowest BCUT2D eigenvalue weighted by Gasteiger charge is -2.20. The first kappa shape index (κ1) is 20.1. The van der Waals surface area contributed by atoms with E-state index in [1.165, 1.54) is 0 Å². The number of nitrogens with zero attached hydrogens (tertiary/aromatic N) is 2. The van der Waals surface area contributed by atoms with Gasteiger partial charge >= 0.3 is 0 Å². The smallest absolute Gasteiger partial charge is 0.258 e. The molecule has 154 valence electrons. The van der Waals surface area contributed by atoms with E-state index in [0.717, 1.165) is 49.4 Å². The predicted octanol–water partition coefficient (Wildman–Crippen LogP) is 2.84. The lowest BCUT2D eigenvalue weighted by molar-refractivity contribution is -0.124. The highest BCUT2D eigenvalue weighted by Gasteiger charge is 2.34. The average molecular weight is 416 g/mol. The zero-order valence-corrected chi connectivity index (χ0v) is 17.1. The monoisotopic (exact) mass is 415 g/mol. The Labute approximate surface area is 176 Å². The van der Waals surface area contributed by atoms with Gasteiger partial charge in [-0.3, -0.25) is 14.7 Å². The first-order chi connectivity index (χ1) is 14.2. The fourth-order valence-corrected chi connectivity index (χ4v) is 4.02. The van der Waals surface area contributed by atoms with Gasteiger partial charge in [-0.25, -0.2) is 0 Å². The SMILES string of the molecule is O=C1COc2ccccc2CCCCO[C@@H]2CN(Cc3ccc(Cl)cn3)C[C@H]2N1. The van der Waals surface area contributed by atoms with Crippen LogP contribution in [0.25, 0.3) is 0 Å². The van der Waals surface area contributed by atoms with Crippen LogP contribution in [-0.4, -0.2) is 54.2 Å². The second-order valence-corrected chi connectivity index (χ2v) is 8.04. The number of aryl methyl sites for hydroxylation is 1. The molecule has 0 radical (unpaired) electrons. The number of likely N-dealkylation sites (tertiary alicyclic amines) is 1. The Balaban J connectivity index is 1.41. The fourth-order valence-electron chi connectivity index (χ4n) is 3.91. The van der Waals surface area contributed by atoms with E-state index < -0.39 is 0 Å². The van der Waals surface area contributed by atoms with Gasteiger partial charge in [0.25, 0.3) is 5.91 Å². The maximum absolute atomic E-state index is 12.5. The fraction of sp³-hybridized carbons (Fsp3) is 0.455. The number of nitrogens with one attached hydrogen (secondary N) is 1. The molecule has 0 spiro atoms. The molecule has 1 N–H and O–H groups in total. The average Bonchev–Trinajstić information content (AvgIpc) is 3.09. The number of benzene rings is 1. The molecule has 2 atom stereocenters. The van der Waals surface area contributed by atoms with E-state index in [-0.39, 0.29) is 24.7 Å². The number of hydrogen-bond acceptors (Lipinski definition) is 5. The number of hydrogen-bond donors (Lipinski definition) is 1. The maximum Gasteiger partial charge on any atom is 0.258 e. The van der Waals surface area contributed by atoms with Crippen molar-refractivity contribution < 1.29 is 14.3 Å². The van der Waals surface area contributed by atoms with Crippen LogP contribution in [-0.2, 0) is 22.5 Å². The highest BCUT2D eigenvalue weighted by molar-refractivity contribution is 6.30. The number of ether oxygens (including phenoxy) is 2. The summed E-state index contributed by atoms with van der Waals surface area (Å²) in [7, 11) is 0. The minimum absolute atomic E-state index is 0.0129. The number of carbonyl (C=O) groups is 1. The standard InChI is InChI=1S/C22H26ClN3O3/c23-17-8-9-18(24-11-17)12-26-13-19-21(14-26)28-10-4-3-6-16-5-1-2-7-20(16)29-15-22(27)25-19/h1-2,5,7-9,11,19,21H,3-4,6,10,12-15H2,(H,25,27)/t19-,21-/m1/s1. The van der Waals surface area contributed by atoms with E-state index in [4.69, 9.17) is 21.1 Å². The minimum Gasteiger partial charge on any atom is -0.483 e. The van der Waals surface area contributed by atoms with Gasteiger partial charge in [0.15, 0.2) is 6.61 Å². The second kappa shape index (κ2) is 9.57. The van der Waals surface area contributed by atoms with Crippen LogP contribution in [0.2, 0.25) is 5.02 Å². The molecule has 2 aromatic rings. The normalized spacial score (nSPS) is 23.6. The molecule has 1 amide bonds. The molecular weight excluding hydrogens is 390 g/mol. The van der Waals surface area contributed by atoms with Crippen LogP contribution >= 0.6 is 11.6 Å². The maximum atomic E-state index is 12.5. The van der Waals surface area contributed by atoms with Crippen LogP contribution in [0.15, 0.2) is 42.6 Å². The molecule has 0 unspecified atom stereocenters. The van der Waals surface area contributed by atoms with Crippen LogP contribution in [0, 0.1) is 0 Å². The molecule has 4 rings (SSSR count). The van der Waals surface area contributed by atoms with Gasteiger partial charge in [-0.2, -0.15) is 0 Å². The van der Waals surface area contributed by atoms with Crippen molar-refractivity contribution in [2.45, 2.75) is 38.0 Å². The summed E-state index contributed by atoms with van der Waals surface area (Å²) in [5.41, 5.74) is 2.09. The molecule has 1 aromatic carbocycles. The molecule has 2 aliphatic rings. The first-order valence-electron chi connectivity index (χ1n) is 10.1. The predicted molar refractivity (Wildman–Crippen MR) is 111 cm³/mol. The number of para-hydroxylation sites is 1. The number of fused-ring (bicyclic) bond motifs is 2. The molecule has 6 nitrogen and oxygen atoms in total. The highest BCUT2D eigenvalue weighted by atomic mass is 35.5. The van der Waals surface area contributed by atoms with Crippen molar-refractivity contribution in [2.24, 2.45) is 0 Å². The lowest BCUT2D eigenvalue weighted by Crippen LogP contribution is -2.45. The lowest BCUT2D eigenvalue weighted by atomic mass is 10.1. The van der Waals surface area contributed by atoms with Crippen molar-refractivity contribution in [3.63, 3.8) is 0 Å². The molecule has 0 bridgehead atoms. The number of pyridine rings is 1. The number of amides is 1. The summed E-state index contributed by atoms with van der Waals surface area (Å²) in [6.07, 6.45) is 4.55. The number of halogens is 1. The van der Waals surface area contributed by atoms with E-state index in [1.807, 2.05) is 30.3 Å². The number of aromatic nitrogens is 1. The van der Waals surface area contributed by atoms with E-state index in [2.05, 4.69) is 21.3 Å². The molecule has 0 saturated carbocycles. The summed E-state index contributed by atoms with van der Waals surface area (Å²) in [5.74, 6) is 0.672. The number of carbonyl (C=O) groups excluding carboxylic acids is 1. The highest BCUT2D eigenvalue weighted by Crippen LogP contribution is 2.22. The largest absolute Gasteiger partial charge is 0.483 e. The summed E-state index contributed by atoms with van der Waals surface area (Å²) in [6.45, 7) is 2.88. The van der Waals surface area contributed by atoms with Crippen molar-refractivity contribution in [1.82, 2.24) is 15.2 Å². The van der Waals surface area contributed by atoms with Gasteiger partial charge in [-0.15, -0.1) is 0 Å². The zero-order chi connectivity index (χ0) is 20.1. The van der Waals surface area contributed by atoms with Crippen LogP contribution in [0.3, 0.4) is 0 Å². The number of rotatable bonds is 2. The van der Waals surface area contributed by atoms with Crippen molar-refractivity contribution in [2.75, 3.05) is 26.3 Å². The molecule has 2 aliphatic heterocycles. The van der Waals surface area contributed by atoms with Gasteiger partial charge in [0.1, 0.15) is 5.75 Å². The Morgan fingerprint density at radius 2 is 2.07 bits per heavy atom. The van der Waals surface area contributed by atoms with Gasteiger partial charge in [0.05, 0.1) is 22.9 Å². The van der Waals surface area contributed by atoms with E-state index in [1.54, 1.807) is 6.20 Å². The molecule has 1 aromatic heterocycles. The molecule has 29 heavy (non-hydrogen) atoms. The summed E-state index contributed by atoms with van der Waals surface area (Å²) >= 11 is 5.93. The van der Waals surface area contributed by atoms with E-state index in [9.17, 15) is 4.79 Å². The molecule has 3 heterocycles. The van der Waals surface area contributed by atoms with Crippen LogP contribution in [0.4, 0.5) is 0 Å². The summed E-state index contributed by atoms with van der Waals surface area (Å²) in [6, 6.07) is 11.7. The van der Waals surface area contributed by atoms with E-state index in [0.29, 0.717) is 18.2 Å². The van der Waals surface area contributed by atoms with Crippen molar-refractivity contribution in [3.8, 4) is 5.75 Å². The topological polar surface area (TPSA) is 63.7 Å². The first-order valence-corrected chi connectivity index (χ1v) is 10.5. The minimum atomic E-state index is -0.121. The van der Waals surface area contributed by atoms with Crippen LogP contribution in [0.1, 0.15) is 24.1 Å². The molecule has 1 saturated heterocycles. The third-order valence-corrected chi connectivity index (χ3v) is 5.59. The Hall–Kier alpha value is -2.15. The Morgan fingerprint density at radius 1 is 1.17 bits per heavy atom. The van der Waals surface area contributed by atoms with Gasteiger partial charge in [0.2, 0.25) is 0 Å². The second-order valence-electron chi connectivity index (χ2n) is 7.60. The van der Waals surface area contributed by atoms with Gasteiger partial charge < -0.3 is 14.8 Å². The molecular formula is C22H26ClN3O3. The van der Waals surface area contributed by atoms with E-state index >= 15 is 0 Å². The summed E-state index contributed by atoms with van der Waals surface area (Å²) in [5, 5.41) is 3.73. The quantitative estimate of drug-likeness (QED) is 0.817. The van der Waals surface area contributed by atoms with Crippen LogP contribution in [0.5, 0.6) is 5.75 Å². The molecule has 1 fully saturated rings. The Kier molecular flexibility index (Phi) is 6.64. The Bertz CT molecular complexity index is 830. The third-order valence-electron chi connectivity index (χ3n) is 5.37. The van der Waals surface area contributed by atoms with Gasteiger partial charge in [-0.05, 0) is 43.0 Å². The summed E-state index contributed by atoms with van der Waals surface area (Å²) < 4.78 is 12.0. The Morgan fingerprint density at radius 3 is 2.93 bits per heavy atom. The van der Waals surface area contributed by atoms with Gasteiger partial charge in [0, 0.05) is 32.4 Å². The zero-order valence-electron chi connectivity index (χ0n) is 16.4. The van der Waals surface area contributed by atoms with Crippen molar-refractivity contribution >= 4 is 17.5 Å². The molecule has 0 aliphatic carbocycles. The third kappa shape index (κ3) is 5.47. The summed E-state index contributed by atoms with van der Waals surface area (Å²) in [4.78, 5) is 19.1. The van der Waals surface area contributed by atoms with Gasteiger partial charge in [-0.1, -0.05) is 29.8 Å². The van der Waals surface area contributed by atoms with Crippen molar-refractivity contribution in [1.29, 1.82) is 0 Å². The van der Waals surface area contributed by atoms with Crippen LogP contribution < -0.4 is 10.1 Å². The van der Waals surface area contributed by atoms with Crippen molar-refractivity contribution in [3.05, 3.63) is 58.9 Å². The molecule has 7 heteroatoms.